The van der Waals surface area contributed by atoms with Crippen LogP contribution in [0.3, 0.4) is 0 Å². The van der Waals surface area contributed by atoms with E-state index in [1.165, 1.54) is 0 Å². The Hall–Kier alpha value is -0.150. The molecule has 3 heteroatoms. The molecule has 11 heavy (non-hydrogen) atoms. The van der Waals surface area contributed by atoms with Crippen LogP contribution in [0.1, 0.15) is 20.3 Å². The Morgan fingerprint density at radius 1 is 1.55 bits per heavy atom. The summed E-state index contributed by atoms with van der Waals surface area (Å²) in [6.07, 6.45) is 0.594. The number of hydrogen-bond acceptors (Lipinski definition) is 2. The van der Waals surface area contributed by atoms with Gasteiger partial charge in [-0.25, -0.2) is 0 Å². The molecule has 2 nitrogen and oxygen atoms in total. The predicted octanol–water partition coefficient (Wildman–Crippen LogP) is 1.36. The van der Waals surface area contributed by atoms with Crippen LogP contribution < -0.4 is 5.32 Å². The largest absolute Gasteiger partial charge is 0.380 e. The lowest BCUT2D eigenvalue weighted by Gasteiger charge is -2.12. The zero-order valence-electron chi connectivity index (χ0n) is 7.40. The Morgan fingerprint density at radius 2 is 2.27 bits per heavy atom. The second kappa shape index (κ2) is 7.95. The quantitative estimate of drug-likeness (QED) is 0.572. The molecule has 0 aromatic heterocycles. The normalized spacial score (nSPS) is 13.4. The van der Waals surface area contributed by atoms with Crippen molar-refractivity contribution in [2.75, 3.05) is 26.4 Å². The molecule has 0 heterocycles. The first-order valence-corrected chi connectivity index (χ1v) is 4.18. The highest BCUT2D eigenvalue weighted by Crippen LogP contribution is 1.85. The van der Waals surface area contributed by atoms with E-state index in [0.29, 0.717) is 19.1 Å². The number of ether oxygens (including phenoxy) is 1. The molecule has 0 radical (unpaired) electrons. The fourth-order valence-corrected chi connectivity index (χ4v) is 0.769. The zero-order chi connectivity index (χ0) is 8.53. The van der Waals surface area contributed by atoms with E-state index in [2.05, 4.69) is 5.32 Å². The fraction of sp³-hybridized carbons (Fsp3) is 1.00. The summed E-state index contributed by atoms with van der Waals surface area (Å²) in [6.45, 7) is 5.96. The van der Waals surface area contributed by atoms with Crippen molar-refractivity contribution in [1.82, 2.24) is 5.32 Å². The zero-order valence-corrected chi connectivity index (χ0v) is 7.40. The first-order chi connectivity index (χ1) is 5.31. The highest BCUT2D eigenvalue weighted by atomic mass is 19.1. The van der Waals surface area contributed by atoms with Crippen LogP contribution in [0.2, 0.25) is 0 Å². The molecule has 1 N–H and O–H groups in total. The van der Waals surface area contributed by atoms with Gasteiger partial charge < -0.3 is 10.1 Å². The Labute approximate surface area is 68.1 Å². The van der Waals surface area contributed by atoms with Crippen LogP contribution in [-0.4, -0.2) is 32.5 Å². The summed E-state index contributed by atoms with van der Waals surface area (Å²) in [5.41, 5.74) is 0. The van der Waals surface area contributed by atoms with Crippen molar-refractivity contribution in [1.29, 1.82) is 0 Å². The van der Waals surface area contributed by atoms with Gasteiger partial charge in [0.2, 0.25) is 0 Å². The minimum atomic E-state index is -0.242. The van der Waals surface area contributed by atoms with E-state index < -0.39 is 0 Å². The summed E-state index contributed by atoms with van der Waals surface area (Å²) < 4.78 is 16.8. The summed E-state index contributed by atoms with van der Waals surface area (Å²) in [5, 5.41) is 3.15. The van der Waals surface area contributed by atoms with Gasteiger partial charge in [-0.05, 0) is 26.8 Å². The third-order valence-electron chi connectivity index (χ3n) is 1.38. The van der Waals surface area contributed by atoms with Gasteiger partial charge in [0.25, 0.3) is 0 Å². The Balaban J connectivity index is 3.02. The van der Waals surface area contributed by atoms with Gasteiger partial charge in [0.05, 0.1) is 13.3 Å². The molecule has 0 aromatic carbocycles. The number of alkyl halides is 1. The van der Waals surface area contributed by atoms with E-state index in [1.54, 1.807) is 0 Å². The van der Waals surface area contributed by atoms with Crippen LogP contribution >= 0.6 is 0 Å². The molecule has 1 unspecified atom stereocenters. The van der Waals surface area contributed by atoms with Gasteiger partial charge in [-0.2, -0.15) is 0 Å². The van der Waals surface area contributed by atoms with Crippen LogP contribution in [0, 0.1) is 0 Å². The van der Waals surface area contributed by atoms with Crippen molar-refractivity contribution in [2.24, 2.45) is 0 Å². The van der Waals surface area contributed by atoms with Crippen molar-refractivity contribution < 1.29 is 9.13 Å². The molecule has 0 aromatic rings. The number of hydrogen-bond donors (Lipinski definition) is 1. The predicted molar refractivity (Wildman–Crippen MR) is 44.5 cm³/mol. The van der Waals surface area contributed by atoms with Crippen molar-refractivity contribution >= 4 is 0 Å². The smallest absolute Gasteiger partial charge is 0.0906 e. The summed E-state index contributed by atoms with van der Waals surface area (Å²) in [6, 6.07) is 0.335. The van der Waals surface area contributed by atoms with Gasteiger partial charge in [0.1, 0.15) is 0 Å². The SMILES string of the molecule is CCOCC(C)NCCCF. The van der Waals surface area contributed by atoms with Gasteiger partial charge in [-0.15, -0.1) is 0 Å². The maximum Gasteiger partial charge on any atom is 0.0906 e. The Morgan fingerprint density at radius 3 is 2.82 bits per heavy atom. The number of rotatable bonds is 7. The third-order valence-corrected chi connectivity index (χ3v) is 1.38. The molecule has 0 spiro atoms. The summed E-state index contributed by atoms with van der Waals surface area (Å²) in [7, 11) is 0. The van der Waals surface area contributed by atoms with Gasteiger partial charge in [0, 0.05) is 12.6 Å². The second-order valence-electron chi connectivity index (χ2n) is 2.56. The van der Waals surface area contributed by atoms with Gasteiger partial charge >= 0.3 is 0 Å². The molecule has 0 saturated carbocycles. The topological polar surface area (TPSA) is 21.3 Å². The standard InChI is InChI=1S/C8H18FNO/c1-3-11-7-8(2)10-6-4-5-9/h8,10H,3-7H2,1-2H3. The van der Waals surface area contributed by atoms with E-state index in [9.17, 15) is 4.39 Å². The molecule has 0 aliphatic rings. The molecule has 0 amide bonds. The van der Waals surface area contributed by atoms with Crippen molar-refractivity contribution in [3.63, 3.8) is 0 Å². The van der Waals surface area contributed by atoms with E-state index in [1.807, 2.05) is 13.8 Å². The monoisotopic (exact) mass is 163 g/mol. The van der Waals surface area contributed by atoms with Gasteiger partial charge in [0.15, 0.2) is 0 Å². The van der Waals surface area contributed by atoms with Crippen molar-refractivity contribution in [3.8, 4) is 0 Å². The van der Waals surface area contributed by atoms with E-state index >= 15 is 0 Å². The maximum absolute atomic E-state index is 11.6. The Bertz CT molecular complexity index is 80.5. The fourth-order valence-electron chi connectivity index (χ4n) is 0.769. The van der Waals surface area contributed by atoms with Gasteiger partial charge in [-0.3, -0.25) is 4.39 Å². The minimum absolute atomic E-state index is 0.242. The van der Waals surface area contributed by atoms with Crippen LogP contribution in [0.4, 0.5) is 4.39 Å². The average molecular weight is 163 g/mol. The lowest BCUT2D eigenvalue weighted by molar-refractivity contribution is 0.127. The molecule has 1 atom stereocenters. The highest BCUT2D eigenvalue weighted by molar-refractivity contribution is 4.58. The summed E-state index contributed by atoms with van der Waals surface area (Å²) in [5.74, 6) is 0. The molecule has 0 bridgehead atoms. The van der Waals surface area contributed by atoms with Crippen LogP contribution in [0.15, 0.2) is 0 Å². The van der Waals surface area contributed by atoms with Crippen LogP contribution in [0.25, 0.3) is 0 Å². The van der Waals surface area contributed by atoms with Crippen molar-refractivity contribution in [3.05, 3.63) is 0 Å². The first kappa shape index (κ1) is 10.8. The molecule has 68 valence electrons. The molecule has 0 fully saturated rings. The van der Waals surface area contributed by atoms with E-state index in [0.717, 1.165) is 13.2 Å². The third kappa shape index (κ3) is 7.75. The van der Waals surface area contributed by atoms with Crippen LogP contribution in [-0.2, 0) is 4.74 Å². The maximum atomic E-state index is 11.6. The number of nitrogens with one attached hydrogen (secondary N) is 1. The minimum Gasteiger partial charge on any atom is -0.380 e. The summed E-state index contributed by atoms with van der Waals surface area (Å²) >= 11 is 0. The lowest BCUT2D eigenvalue weighted by atomic mass is 10.3. The summed E-state index contributed by atoms with van der Waals surface area (Å²) in [4.78, 5) is 0. The Kier molecular flexibility index (Phi) is 7.84. The molecular weight excluding hydrogens is 145 g/mol. The molecule has 0 aliphatic carbocycles. The molecule has 0 rings (SSSR count). The molecule has 0 aliphatic heterocycles. The lowest BCUT2D eigenvalue weighted by Crippen LogP contribution is -2.31. The number of halogens is 1. The molecular formula is C8H18FNO. The van der Waals surface area contributed by atoms with Crippen molar-refractivity contribution in [2.45, 2.75) is 26.3 Å². The van der Waals surface area contributed by atoms with E-state index in [-0.39, 0.29) is 6.67 Å². The van der Waals surface area contributed by atoms with Gasteiger partial charge in [-0.1, -0.05) is 0 Å². The first-order valence-electron chi connectivity index (χ1n) is 4.18. The van der Waals surface area contributed by atoms with Crippen LogP contribution in [0.5, 0.6) is 0 Å². The highest BCUT2D eigenvalue weighted by Gasteiger charge is 1.98. The average Bonchev–Trinajstić information content (AvgIpc) is 2.01. The van der Waals surface area contributed by atoms with E-state index in [4.69, 9.17) is 4.74 Å². The molecule has 0 saturated heterocycles. The second-order valence-corrected chi connectivity index (χ2v) is 2.56.